The lowest BCUT2D eigenvalue weighted by Crippen LogP contribution is -2.20. The van der Waals surface area contributed by atoms with E-state index in [1.165, 1.54) is 0 Å². The molecule has 3 nitrogen and oxygen atoms in total. The molecule has 0 bridgehead atoms. The van der Waals surface area contributed by atoms with Gasteiger partial charge in [0.25, 0.3) is 5.91 Å². The molecule has 0 atom stereocenters. The quantitative estimate of drug-likeness (QED) is 0.673. The van der Waals surface area contributed by atoms with Crippen LogP contribution in [0.5, 0.6) is 5.75 Å². The van der Waals surface area contributed by atoms with Crippen LogP contribution in [0.3, 0.4) is 0 Å². The average molecular weight is 460 g/mol. The van der Waals surface area contributed by atoms with Crippen molar-refractivity contribution in [2.75, 3.05) is 11.9 Å². The van der Waals surface area contributed by atoms with Crippen LogP contribution in [-0.4, -0.2) is 12.5 Å². The van der Waals surface area contributed by atoms with Crippen LogP contribution in [-0.2, 0) is 4.79 Å². The van der Waals surface area contributed by atoms with E-state index in [-0.39, 0.29) is 12.5 Å². The number of aryl methyl sites for hydroxylation is 2. The Balaban J connectivity index is 1.94. The van der Waals surface area contributed by atoms with Gasteiger partial charge < -0.3 is 10.1 Å². The number of carbonyl (C=O) groups is 1. The van der Waals surface area contributed by atoms with Crippen molar-refractivity contribution in [2.24, 2.45) is 0 Å². The lowest BCUT2D eigenvalue weighted by molar-refractivity contribution is -0.118. The van der Waals surface area contributed by atoms with Crippen molar-refractivity contribution >= 4 is 50.1 Å². The summed E-state index contributed by atoms with van der Waals surface area (Å²) in [4.78, 5) is 11.9. The summed E-state index contributed by atoms with van der Waals surface area (Å²) >= 11 is 5.68. The number of halogens is 2. The summed E-state index contributed by atoms with van der Waals surface area (Å²) in [7, 11) is 0. The summed E-state index contributed by atoms with van der Waals surface area (Å²) in [5.74, 6) is 0.519. The molecule has 0 saturated heterocycles. The van der Waals surface area contributed by atoms with Crippen molar-refractivity contribution in [2.45, 2.75) is 13.8 Å². The third-order valence-electron chi connectivity index (χ3n) is 2.96. The molecule has 0 spiro atoms. The van der Waals surface area contributed by atoms with Crippen LogP contribution in [0, 0.1) is 17.4 Å². The molecule has 0 aliphatic heterocycles. The Kier molecular flexibility index (Phi) is 5.64. The Bertz CT molecular complexity index is 673. The van der Waals surface area contributed by atoms with Gasteiger partial charge in [-0.25, -0.2) is 0 Å². The average Bonchev–Trinajstić information content (AvgIpc) is 2.43. The standard InChI is InChI=1S/C16H15BrINO2/c1-10-8-13(4-5-14(10)17)21-9-16(20)19-15-6-3-12(18)7-11(15)2/h3-8H,9H2,1-2H3,(H,19,20). The molecular weight excluding hydrogens is 445 g/mol. The largest absolute Gasteiger partial charge is 0.484 e. The number of ether oxygens (including phenoxy) is 1. The fraction of sp³-hybridized carbons (Fsp3) is 0.188. The molecule has 1 N–H and O–H groups in total. The van der Waals surface area contributed by atoms with Crippen molar-refractivity contribution < 1.29 is 9.53 Å². The topological polar surface area (TPSA) is 38.3 Å². The first-order chi connectivity index (χ1) is 9.95. The summed E-state index contributed by atoms with van der Waals surface area (Å²) in [6, 6.07) is 11.5. The van der Waals surface area contributed by atoms with Gasteiger partial charge in [0.2, 0.25) is 0 Å². The first-order valence-electron chi connectivity index (χ1n) is 6.40. The number of rotatable bonds is 4. The molecule has 0 aromatic heterocycles. The molecule has 2 aromatic rings. The highest BCUT2D eigenvalue weighted by Crippen LogP contribution is 2.22. The highest BCUT2D eigenvalue weighted by atomic mass is 127. The van der Waals surface area contributed by atoms with Gasteiger partial charge in [-0.1, -0.05) is 15.9 Å². The lowest BCUT2D eigenvalue weighted by atomic mass is 10.2. The minimum absolute atomic E-state index is 0.00744. The molecule has 0 aliphatic rings. The second-order valence-corrected chi connectivity index (χ2v) is 6.81. The SMILES string of the molecule is Cc1cc(OCC(=O)Nc2ccc(I)cc2C)ccc1Br. The van der Waals surface area contributed by atoms with Crippen LogP contribution in [0.25, 0.3) is 0 Å². The van der Waals surface area contributed by atoms with Gasteiger partial charge in [0, 0.05) is 13.7 Å². The fourth-order valence-corrected chi connectivity index (χ4v) is 2.70. The molecule has 0 aliphatic carbocycles. The zero-order valence-electron chi connectivity index (χ0n) is 11.7. The molecule has 0 unspecified atom stereocenters. The summed E-state index contributed by atoms with van der Waals surface area (Å²) in [5, 5.41) is 2.86. The summed E-state index contributed by atoms with van der Waals surface area (Å²) in [6.45, 7) is 3.94. The van der Waals surface area contributed by atoms with Crippen LogP contribution in [0.15, 0.2) is 40.9 Å². The normalized spacial score (nSPS) is 10.3. The molecule has 1 amide bonds. The molecule has 2 aromatic carbocycles. The van der Waals surface area contributed by atoms with Gasteiger partial charge in [0.1, 0.15) is 5.75 Å². The van der Waals surface area contributed by atoms with Gasteiger partial charge in [0.15, 0.2) is 6.61 Å². The summed E-state index contributed by atoms with van der Waals surface area (Å²) in [5.41, 5.74) is 2.92. The Labute approximate surface area is 146 Å². The lowest BCUT2D eigenvalue weighted by Gasteiger charge is -2.10. The smallest absolute Gasteiger partial charge is 0.262 e. The molecule has 0 radical (unpaired) electrons. The van der Waals surface area contributed by atoms with Crippen LogP contribution in [0.1, 0.15) is 11.1 Å². The van der Waals surface area contributed by atoms with E-state index in [2.05, 4.69) is 43.8 Å². The van der Waals surface area contributed by atoms with Gasteiger partial charge in [-0.05, 0) is 84.0 Å². The number of hydrogen-bond acceptors (Lipinski definition) is 2. The highest BCUT2D eigenvalue weighted by molar-refractivity contribution is 14.1. The van der Waals surface area contributed by atoms with E-state index >= 15 is 0 Å². The number of anilines is 1. The predicted molar refractivity (Wildman–Crippen MR) is 96.9 cm³/mol. The van der Waals surface area contributed by atoms with Gasteiger partial charge in [-0.2, -0.15) is 0 Å². The van der Waals surface area contributed by atoms with E-state index in [4.69, 9.17) is 4.74 Å². The maximum absolute atomic E-state index is 11.9. The second kappa shape index (κ2) is 7.26. The van der Waals surface area contributed by atoms with Crippen molar-refractivity contribution in [3.8, 4) is 5.75 Å². The molecule has 0 fully saturated rings. The molecule has 0 heterocycles. The Morgan fingerprint density at radius 1 is 1.19 bits per heavy atom. The van der Waals surface area contributed by atoms with Crippen LogP contribution >= 0.6 is 38.5 Å². The third kappa shape index (κ3) is 4.71. The van der Waals surface area contributed by atoms with Crippen molar-refractivity contribution in [3.05, 3.63) is 55.6 Å². The summed E-state index contributed by atoms with van der Waals surface area (Å²) in [6.07, 6.45) is 0. The van der Waals surface area contributed by atoms with Gasteiger partial charge in [-0.3, -0.25) is 4.79 Å². The van der Waals surface area contributed by atoms with Crippen molar-refractivity contribution in [1.82, 2.24) is 0 Å². The fourth-order valence-electron chi connectivity index (χ4n) is 1.81. The van der Waals surface area contributed by atoms with Crippen LogP contribution in [0.4, 0.5) is 5.69 Å². The zero-order valence-corrected chi connectivity index (χ0v) is 15.5. The molecule has 5 heteroatoms. The molecule has 2 rings (SSSR count). The number of benzene rings is 2. The molecule has 110 valence electrons. The monoisotopic (exact) mass is 459 g/mol. The highest BCUT2D eigenvalue weighted by Gasteiger charge is 2.07. The van der Waals surface area contributed by atoms with Gasteiger partial charge in [0.05, 0.1) is 0 Å². The second-order valence-electron chi connectivity index (χ2n) is 4.71. The molecule has 0 saturated carbocycles. The number of carbonyl (C=O) groups excluding carboxylic acids is 1. The van der Waals surface area contributed by atoms with Gasteiger partial charge in [-0.15, -0.1) is 0 Å². The van der Waals surface area contributed by atoms with E-state index in [0.717, 1.165) is 24.9 Å². The predicted octanol–water partition coefficient (Wildman–Crippen LogP) is 4.69. The van der Waals surface area contributed by atoms with E-state index in [9.17, 15) is 4.79 Å². The van der Waals surface area contributed by atoms with E-state index in [0.29, 0.717) is 5.75 Å². The number of hydrogen-bond donors (Lipinski definition) is 1. The van der Waals surface area contributed by atoms with E-state index in [1.807, 2.05) is 50.2 Å². The van der Waals surface area contributed by atoms with Crippen molar-refractivity contribution in [3.63, 3.8) is 0 Å². The Morgan fingerprint density at radius 2 is 1.95 bits per heavy atom. The number of amides is 1. The van der Waals surface area contributed by atoms with Crippen molar-refractivity contribution in [1.29, 1.82) is 0 Å². The number of nitrogens with one attached hydrogen (secondary N) is 1. The Morgan fingerprint density at radius 3 is 2.62 bits per heavy atom. The van der Waals surface area contributed by atoms with Gasteiger partial charge >= 0.3 is 0 Å². The first kappa shape index (κ1) is 16.3. The first-order valence-corrected chi connectivity index (χ1v) is 8.28. The van der Waals surface area contributed by atoms with Crippen LogP contribution < -0.4 is 10.1 Å². The van der Waals surface area contributed by atoms with E-state index < -0.39 is 0 Å². The van der Waals surface area contributed by atoms with Crippen LogP contribution in [0.2, 0.25) is 0 Å². The van der Waals surface area contributed by atoms with E-state index in [1.54, 1.807) is 0 Å². The maximum Gasteiger partial charge on any atom is 0.262 e. The zero-order chi connectivity index (χ0) is 15.4. The maximum atomic E-state index is 11.9. The molecular formula is C16H15BrINO2. The minimum atomic E-state index is -0.167. The minimum Gasteiger partial charge on any atom is -0.484 e. The molecule has 21 heavy (non-hydrogen) atoms. The Hall–Kier alpha value is -1.08. The third-order valence-corrected chi connectivity index (χ3v) is 4.52. The summed E-state index contributed by atoms with van der Waals surface area (Å²) < 4.78 is 7.67.